The van der Waals surface area contributed by atoms with E-state index in [0.717, 1.165) is 6.54 Å². The average molecular weight is 278 g/mol. The van der Waals surface area contributed by atoms with Crippen LogP contribution in [-0.2, 0) is 13.6 Å². The lowest BCUT2D eigenvalue weighted by Gasteiger charge is -2.14. The molecule has 108 valence electrons. The third-order valence-corrected chi connectivity index (χ3v) is 4.16. The number of aromatic nitrogens is 1. The molecular weight excluding hydrogens is 256 g/mol. The maximum Gasteiger partial charge on any atom is 0.0481 e. The Hall–Kier alpha value is -2.06. The normalized spacial score (nSPS) is 12.7. The minimum absolute atomic E-state index is 0.351. The zero-order chi connectivity index (χ0) is 14.8. The summed E-state index contributed by atoms with van der Waals surface area (Å²) in [5.74, 6) is 0. The maximum atomic E-state index is 3.63. The molecule has 1 atom stereocenters. The fourth-order valence-corrected chi connectivity index (χ4v) is 2.80. The van der Waals surface area contributed by atoms with E-state index in [0.29, 0.717) is 6.04 Å². The van der Waals surface area contributed by atoms with Gasteiger partial charge in [0.05, 0.1) is 0 Å². The first kappa shape index (κ1) is 13.9. The maximum absolute atomic E-state index is 3.63. The molecule has 0 saturated carbocycles. The largest absolute Gasteiger partial charge is 0.350 e. The summed E-state index contributed by atoms with van der Waals surface area (Å²) in [7, 11) is 2.11. The Bertz CT molecular complexity index is 738. The molecule has 0 fully saturated rings. The molecule has 1 N–H and O–H groups in total. The predicted octanol–water partition coefficient (Wildman–Crippen LogP) is 4.34. The van der Waals surface area contributed by atoms with Crippen molar-refractivity contribution in [2.75, 3.05) is 0 Å². The van der Waals surface area contributed by atoms with E-state index in [1.54, 1.807) is 0 Å². The third-order valence-electron chi connectivity index (χ3n) is 4.16. The van der Waals surface area contributed by atoms with Crippen LogP contribution in [0.3, 0.4) is 0 Å². The van der Waals surface area contributed by atoms with Crippen LogP contribution in [0, 0.1) is 6.92 Å². The highest BCUT2D eigenvalue weighted by molar-refractivity contribution is 5.83. The molecule has 3 rings (SSSR count). The highest BCUT2D eigenvalue weighted by Crippen LogP contribution is 2.21. The van der Waals surface area contributed by atoms with Crippen molar-refractivity contribution in [3.05, 3.63) is 71.4 Å². The van der Waals surface area contributed by atoms with E-state index in [-0.39, 0.29) is 0 Å². The molecule has 2 heteroatoms. The van der Waals surface area contributed by atoms with E-state index in [1.165, 1.54) is 27.6 Å². The molecule has 0 aliphatic carbocycles. The highest BCUT2D eigenvalue weighted by Gasteiger charge is 2.08. The van der Waals surface area contributed by atoms with Crippen LogP contribution >= 0.6 is 0 Å². The minimum Gasteiger partial charge on any atom is -0.350 e. The lowest BCUT2D eigenvalue weighted by Crippen LogP contribution is -2.17. The van der Waals surface area contributed by atoms with Gasteiger partial charge < -0.3 is 9.88 Å². The van der Waals surface area contributed by atoms with E-state index in [2.05, 4.69) is 85.5 Å². The van der Waals surface area contributed by atoms with Crippen LogP contribution in [0.4, 0.5) is 0 Å². The molecule has 21 heavy (non-hydrogen) atoms. The molecule has 2 nitrogen and oxygen atoms in total. The predicted molar refractivity (Wildman–Crippen MR) is 89.4 cm³/mol. The first-order valence-electron chi connectivity index (χ1n) is 7.48. The fourth-order valence-electron chi connectivity index (χ4n) is 2.80. The Labute approximate surface area is 126 Å². The second-order valence-corrected chi connectivity index (χ2v) is 5.80. The number of rotatable bonds is 4. The van der Waals surface area contributed by atoms with Crippen molar-refractivity contribution in [2.45, 2.75) is 26.4 Å². The average Bonchev–Trinajstić information content (AvgIpc) is 2.83. The summed E-state index contributed by atoms with van der Waals surface area (Å²) in [6, 6.07) is 17.7. The molecule has 3 aromatic rings. The topological polar surface area (TPSA) is 17.0 Å². The second-order valence-electron chi connectivity index (χ2n) is 5.80. The Kier molecular flexibility index (Phi) is 3.80. The molecule has 0 saturated heterocycles. The zero-order valence-corrected chi connectivity index (χ0v) is 12.9. The summed E-state index contributed by atoms with van der Waals surface area (Å²) in [5, 5.41) is 4.96. The molecule has 0 unspecified atom stereocenters. The van der Waals surface area contributed by atoms with Gasteiger partial charge in [-0.1, -0.05) is 48.0 Å². The van der Waals surface area contributed by atoms with Gasteiger partial charge in [-0.05, 0) is 31.0 Å². The molecule has 0 spiro atoms. The molecule has 1 heterocycles. The summed E-state index contributed by atoms with van der Waals surface area (Å²) in [6.07, 6.45) is 2.22. The number of hydrogen-bond acceptors (Lipinski definition) is 1. The smallest absolute Gasteiger partial charge is 0.0481 e. The minimum atomic E-state index is 0.351. The Morgan fingerprint density at radius 2 is 1.76 bits per heavy atom. The van der Waals surface area contributed by atoms with Crippen molar-refractivity contribution in [3.8, 4) is 0 Å². The second kappa shape index (κ2) is 5.74. The van der Waals surface area contributed by atoms with Gasteiger partial charge in [0.25, 0.3) is 0 Å². The summed E-state index contributed by atoms with van der Waals surface area (Å²) in [5.41, 5.74) is 5.28. The number of hydrogen-bond donors (Lipinski definition) is 1. The van der Waals surface area contributed by atoms with Gasteiger partial charge in [-0.25, -0.2) is 0 Å². The van der Waals surface area contributed by atoms with Crippen LogP contribution in [-0.4, -0.2) is 4.57 Å². The van der Waals surface area contributed by atoms with Gasteiger partial charge in [-0.2, -0.15) is 0 Å². The van der Waals surface area contributed by atoms with E-state index >= 15 is 0 Å². The van der Waals surface area contributed by atoms with Crippen molar-refractivity contribution in [1.29, 1.82) is 0 Å². The first-order valence-corrected chi connectivity index (χ1v) is 7.48. The fraction of sp³-hybridized carbons (Fsp3) is 0.263. The lowest BCUT2D eigenvalue weighted by molar-refractivity contribution is 0.575. The monoisotopic (exact) mass is 278 g/mol. The van der Waals surface area contributed by atoms with E-state index in [1.807, 2.05) is 0 Å². The standard InChI is InChI=1S/C19H22N2/c1-14-8-10-16(11-9-14)15(2)20-12-17-13-21(3)19-7-5-4-6-18(17)19/h4-11,13,15,20H,12H2,1-3H3/t15-/m1/s1. The van der Waals surface area contributed by atoms with Gasteiger partial charge in [-0.15, -0.1) is 0 Å². The summed E-state index contributed by atoms with van der Waals surface area (Å²) < 4.78 is 2.20. The van der Waals surface area contributed by atoms with Gasteiger partial charge in [0, 0.05) is 36.7 Å². The van der Waals surface area contributed by atoms with Gasteiger partial charge >= 0.3 is 0 Å². The lowest BCUT2D eigenvalue weighted by atomic mass is 10.1. The molecule has 0 bridgehead atoms. The van der Waals surface area contributed by atoms with Crippen LogP contribution in [0.5, 0.6) is 0 Å². The van der Waals surface area contributed by atoms with Crippen molar-refractivity contribution >= 4 is 10.9 Å². The number of benzene rings is 2. The Balaban J connectivity index is 1.76. The molecular formula is C19H22N2. The first-order chi connectivity index (χ1) is 10.1. The van der Waals surface area contributed by atoms with Crippen LogP contribution in [0.15, 0.2) is 54.7 Å². The van der Waals surface area contributed by atoms with E-state index in [4.69, 9.17) is 0 Å². The SMILES string of the molecule is Cc1ccc([C@@H](C)NCc2cn(C)c3ccccc23)cc1. The Morgan fingerprint density at radius 1 is 1.05 bits per heavy atom. The quantitative estimate of drug-likeness (QED) is 0.751. The van der Waals surface area contributed by atoms with Crippen LogP contribution < -0.4 is 5.32 Å². The molecule has 0 amide bonds. The summed E-state index contributed by atoms with van der Waals surface area (Å²) in [4.78, 5) is 0. The van der Waals surface area contributed by atoms with Crippen molar-refractivity contribution < 1.29 is 0 Å². The summed E-state index contributed by atoms with van der Waals surface area (Å²) >= 11 is 0. The Morgan fingerprint density at radius 3 is 2.52 bits per heavy atom. The van der Waals surface area contributed by atoms with Gasteiger partial charge in [-0.3, -0.25) is 0 Å². The van der Waals surface area contributed by atoms with Gasteiger partial charge in [0.2, 0.25) is 0 Å². The number of nitrogens with one attached hydrogen (secondary N) is 1. The van der Waals surface area contributed by atoms with E-state index < -0.39 is 0 Å². The molecule has 1 aromatic heterocycles. The third kappa shape index (κ3) is 2.86. The molecule has 2 aromatic carbocycles. The van der Waals surface area contributed by atoms with Gasteiger partial charge in [0.15, 0.2) is 0 Å². The molecule has 0 aliphatic rings. The number of para-hydroxylation sites is 1. The van der Waals surface area contributed by atoms with Crippen molar-refractivity contribution in [3.63, 3.8) is 0 Å². The number of fused-ring (bicyclic) bond motifs is 1. The van der Waals surface area contributed by atoms with Gasteiger partial charge in [0.1, 0.15) is 0 Å². The number of nitrogens with zero attached hydrogens (tertiary/aromatic N) is 1. The van der Waals surface area contributed by atoms with E-state index in [9.17, 15) is 0 Å². The van der Waals surface area contributed by atoms with Crippen LogP contribution in [0.25, 0.3) is 10.9 Å². The van der Waals surface area contributed by atoms with Crippen LogP contribution in [0.1, 0.15) is 29.7 Å². The zero-order valence-electron chi connectivity index (χ0n) is 12.9. The molecule has 0 radical (unpaired) electrons. The van der Waals surface area contributed by atoms with Crippen LogP contribution in [0.2, 0.25) is 0 Å². The highest BCUT2D eigenvalue weighted by atomic mass is 14.9. The summed E-state index contributed by atoms with van der Waals surface area (Å²) in [6.45, 7) is 5.23. The molecule has 0 aliphatic heterocycles. The number of aryl methyl sites for hydroxylation is 2. The van der Waals surface area contributed by atoms with Crippen molar-refractivity contribution in [2.24, 2.45) is 7.05 Å². The van der Waals surface area contributed by atoms with Crippen molar-refractivity contribution in [1.82, 2.24) is 9.88 Å².